The Kier molecular flexibility index (Phi) is 4.36. The molecule has 0 atom stereocenters. The van der Waals surface area contributed by atoms with Gasteiger partial charge in [-0.05, 0) is 34.9 Å². The maximum absolute atomic E-state index is 12.0. The molecule has 7 heteroatoms. The van der Waals surface area contributed by atoms with Gasteiger partial charge < -0.3 is 5.32 Å². The molecule has 0 unspecified atom stereocenters. The summed E-state index contributed by atoms with van der Waals surface area (Å²) in [7, 11) is 0. The summed E-state index contributed by atoms with van der Waals surface area (Å²) in [6.07, 6.45) is 0. The Bertz CT molecular complexity index is 669. The van der Waals surface area contributed by atoms with Crippen LogP contribution in [0.25, 0.3) is 0 Å². The van der Waals surface area contributed by atoms with Crippen LogP contribution in [0.5, 0.6) is 0 Å². The van der Waals surface area contributed by atoms with E-state index in [1.807, 2.05) is 17.7 Å². The second kappa shape index (κ2) is 6.02. The van der Waals surface area contributed by atoms with E-state index in [2.05, 4.69) is 5.32 Å². The van der Waals surface area contributed by atoms with Gasteiger partial charge in [-0.2, -0.15) is 11.3 Å². The van der Waals surface area contributed by atoms with Crippen molar-refractivity contribution in [3.05, 3.63) is 60.8 Å². The summed E-state index contributed by atoms with van der Waals surface area (Å²) in [5.74, 6) is -0.427. The molecule has 104 valence electrons. The van der Waals surface area contributed by atoms with Crippen LogP contribution in [0.15, 0.2) is 29.0 Å². The number of halogens is 1. The van der Waals surface area contributed by atoms with Gasteiger partial charge in [0.25, 0.3) is 11.6 Å². The van der Waals surface area contributed by atoms with E-state index in [1.54, 1.807) is 11.3 Å². The second-order valence-corrected chi connectivity index (χ2v) is 5.28. The molecule has 2 rings (SSSR count). The number of aryl methyl sites for hydroxylation is 1. The van der Waals surface area contributed by atoms with E-state index in [0.29, 0.717) is 6.54 Å². The second-order valence-electron chi connectivity index (χ2n) is 4.16. The summed E-state index contributed by atoms with van der Waals surface area (Å²) >= 11 is 7.45. The first kappa shape index (κ1) is 14.5. The van der Waals surface area contributed by atoms with Gasteiger partial charge in [0, 0.05) is 12.6 Å². The Morgan fingerprint density at radius 3 is 2.80 bits per heavy atom. The number of thiophene rings is 1. The lowest BCUT2D eigenvalue weighted by Crippen LogP contribution is -2.23. The molecule has 1 heterocycles. The first-order valence-corrected chi connectivity index (χ1v) is 7.05. The molecule has 20 heavy (non-hydrogen) atoms. The minimum absolute atomic E-state index is 0.105. The molecule has 0 aliphatic rings. The average molecular weight is 311 g/mol. The molecule has 0 fully saturated rings. The molecule has 0 spiro atoms. The Morgan fingerprint density at radius 1 is 1.45 bits per heavy atom. The monoisotopic (exact) mass is 310 g/mol. The first-order valence-electron chi connectivity index (χ1n) is 5.73. The van der Waals surface area contributed by atoms with Crippen LogP contribution in [-0.2, 0) is 6.54 Å². The van der Waals surface area contributed by atoms with E-state index in [9.17, 15) is 14.9 Å². The molecule has 0 radical (unpaired) electrons. The van der Waals surface area contributed by atoms with E-state index in [1.165, 1.54) is 18.2 Å². The van der Waals surface area contributed by atoms with Crippen LogP contribution in [-0.4, -0.2) is 10.8 Å². The Hall–Kier alpha value is -1.92. The van der Waals surface area contributed by atoms with Crippen LogP contribution in [0.4, 0.5) is 5.69 Å². The van der Waals surface area contributed by atoms with Crippen molar-refractivity contribution in [2.45, 2.75) is 13.5 Å². The number of carbonyl (C=O) groups is 1. The zero-order valence-corrected chi connectivity index (χ0v) is 12.1. The third-order valence-electron chi connectivity index (χ3n) is 2.82. The maximum Gasteiger partial charge on any atom is 0.288 e. The predicted molar refractivity (Wildman–Crippen MR) is 78.3 cm³/mol. The molecular formula is C13H11ClN2O3S. The Balaban J connectivity index is 2.16. The summed E-state index contributed by atoms with van der Waals surface area (Å²) in [6.45, 7) is 2.32. The molecule has 5 nitrogen and oxygen atoms in total. The largest absolute Gasteiger partial charge is 0.348 e. The zero-order chi connectivity index (χ0) is 14.7. The fraction of sp³-hybridized carbons (Fsp3) is 0.154. The van der Waals surface area contributed by atoms with Gasteiger partial charge in [-0.3, -0.25) is 14.9 Å². The van der Waals surface area contributed by atoms with Gasteiger partial charge in [0.2, 0.25) is 0 Å². The highest BCUT2D eigenvalue weighted by atomic mass is 35.5. The number of hydrogen-bond acceptors (Lipinski definition) is 4. The van der Waals surface area contributed by atoms with Gasteiger partial charge in [0.1, 0.15) is 5.02 Å². The molecule has 0 saturated carbocycles. The highest BCUT2D eigenvalue weighted by molar-refractivity contribution is 7.08. The molecule has 1 N–H and O–H groups in total. The standard InChI is InChI=1S/C13H11ClN2O3S/c1-8-6-20-7-9(8)5-15-13(17)10-3-2-4-11(12(10)14)16(18)19/h2-4,6-7H,5H2,1H3,(H,15,17). The summed E-state index contributed by atoms with van der Waals surface area (Å²) < 4.78 is 0. The van der Waals surface area contributed by atoms with Crippen molar-refractivity contribution < 1.29 is 9.72 Å². The van der Waals surface area contributed by atoms with E-state index in [0.717, 1.165) is 11.1 Å². The van der Waals surface area contributed by atoms with Gasteiger partial charge in [-0.25, -0.2) is 0 Å². The number of rotatable bonds is 4. The lowest BCUT2D eigenvalue weighted by Gasteiger charge is -2.06. The number of amides is 1. The van der Waals surface area contributed by atoms with Crippen molar-refractivity contribution in [2.75, 3.05) is 0 Å². The highest BCUT2D eigenvalue weighted by Gasteiger charge is 2.19. The van der Waals surface area contributed by atoms with Crippen molar-refractivity contribution in [1.82, 2.24) is 5.32 Å². The van der Waals surface area contributed by atoms with Gasteiger partial charge in [0.15, 0.2) is 0 Å². The predicted octanol–water partition coefficient (Wildman–Crippen LogP) is 3.55. The minimum atomic E-state index is -0.609. The number of benzene rings is 1. The number of nitro benzene ring substituents is 1. The van der Waals surface area contributed by atoms with Crippen LogP contribution >= 0.6 is 22.9 Å². The smallest absolute Gasteiger partial charge is 0.288 e. The summed E-state index contributed by atoms with van der Waals surface area (Å²) in [5.41, 5.74) is 1.95. The molecule has 0 aliphatic carbocycles. The lowest BCUT2D eigenvalue weighted by molar-refractivity contribution is -0.384. The zero-order valence-electron chi connectivity index (χ0n) is 10.6. The maximum atomic E-state index is 12.0. The molecule has 0 saturated heterocycles. The van der Waals surface area contributed by atoms with Gasteiger partial charge in [0.05, 0.1) is 10.5 Å². The quantitative estimate of drug-likeness (QED) is 0.693. The number of nitrogens with one attached hydrogen (secondary N) is 1. The van der Waals surface area contributed by atoms with E-state index < -0.39 is 10.8 Å². The molecule has 1 aromatic heterocycles. The van der Waals surface area contributed by atoms with Gasteiger partial charge in [-0.1, -0.05) is 17.7 Å². The Labute approximate surface area is 124 Å². The number of carbonyl (C=O) groups excluding carboxylic acids is 1. The lowest BCUT2D eigenvalue weighted by atomic mass is 10.1. The van der Waals surface area contributed by atoms with Crippen molar-refractivity contribution in [2.24, 2.45) is 0 Å². The number of nitrogens with zero attached hydrogens (tertiary/aromatic N) is 1. The molecule has 1 amide bonds. The molecule has 1 aromatic carbocycles. The number of hydrogen-bond donors (Lipinski definition) is 1. The molecule has 2 aromatic rings. The first-order chi connectivity index (χ1) is 9.50. The van der Waals surface area contributed by atoms with Crippen molar-refractivity contribution in [1.29, 1.82) is 0 Å². The van der Waals surface area contributed by atoms with E-state index in [4.69, 9.17) is 11.6 Å². The van der Waals surface area contributed by atoms with Crippen molar-refractivity contribution >= 4 is 34.5 Å². The third-order valence-corrected chi connectivity index (χ3v) is 4.13. The normalized spacial score (nSPS) is 10.3. The van der Waals surface area contributed by atoms with E-state index in [-0.39, 0.29) is 16.3 Å². The summed E-state index contributed by atoms with van der Waals surface area (Å²) in [5, 5.41) is 17.3. The molecular weight excluding hydrogens is 300 g/mol. The SMILES string of the molecule is Cc1cscc1CNC(=O)c1cccc([N+](=O)[O-])c1Cl. The Morgan fingerprint density at radius 2 is 2.20 bits per heavy atom. The van der Waals surface area contributed by atoms with Crippen molar-refractivity contribution in [3.63, 3.8) is 0 Å². The molecule has 0 aliphatic heterocycles. The van der Waals surface area contributed by atoms with Crippen LogP contribution in [0, 0.1) is 17.0 Å². The van der Waals surface area contributed by atoms with Crippen LogP contribution in [0.3, 0.4) is 0 Å². The molecule has 0 bridgehead atoms. The summed E-state index contributed by atoms with van der Waals surface area (Å²) in [6, 6.07) is 4.17. The highest BCUT2D eigenvalue weighted by Crippen LogP contribution is 2.27. The van der Waals surface area contributed by atoms with Crippen molar-refractivity contribution in [3.8, 4) is 0 Å². The fourth-order valence-corrected chi connectivity index (χ4v) is 2.81. The number of nitro groups is 1. The van der Waals surface area contributed by atoms with Crippen LogP contribution < -0.4 is 5.32 Å². The van der Waals surface area contributed by atoms with Crippen LogP contribution in [0.2, 0.25) is 5.02 Å². The van der Waals surface area contributed by atoms with E-state index >= 15 is 0 Å². The average Bonchev–Trinajstić information content (AvgIpc) is 2.81. The third kappa shape index (κ3) is 2.97. The van der Waals surface area contributed by atoms with Crippen LogP contribution in [0.1, 0.15) is 21.5 Å². The topological polar surface area (TPSA) is 72.2 Å². The fourth-order valence-electron chi connectivity index (χ4n) is 1.67. The van der Waals surface area contributed by atoms with Gasteiger partial charge in [-0.15, -0.1) is 0 Å². The summed E-state index contributed by atoms with van der Waals surface area (Å²) in [4.78, 5) is 22.2. The minimum Gasteiger partial charge on any atom is -0.348 e. The van der Waals surface area contributed by atoms with Gasteiger partial charge >= 0.3 is 0 Å².